The van der Waals surface area contributed by atoms with Gasteiger partial charge in [0, 0.05) is 23.7 Å². The normalized spacial score (nSPS) is 18.3. The van der Waals surface area contributed by atoms with Crippen LogP contribution in [0.2, 0.25) is 5.02 Å². The number of carbonyl (C=O) groups excluding carboxylic acids is 1. The Labute approximate surface area is 170 Å². The molecule has 3 rings (SSSR count). The molecule has 1 atom stereocenters. The van der Waals surface area contributed by atoms with E-state index in [-0.39, 0.29) is 23.5 Å². The summed E-state index contributed by atoms with van der Waals surface area (Å²) in [6.45, 7) is 0.312. The lowest BCUT2D eigenvalue weighted by Crippen LogP contribution is -2.39. The van der Waals surface area contributed by atoms with Gasteiger partial charge in [-0.15, -0.1) is 0 Å². The predicted octanol–water partition coefficient (Wildman–Crippen LogP) is 3.58. The summed E-state index contributed by atoms with van der Waals surface area (Å²) in [5, 5.41) is 0.581. The Kier molecular flexibility index (Phi) is 6.42. The number of hydrogen-bond donors (Lipinski definition) is 0. The third kappa shape index (κ3) is 5.36. The molecule has 2 aromatic carbocycles. The topological polar surface area (TPSA) is 63.7 Å². The third-order valence-corrected chi connectivity index (χ3v) is 6.69. The first-order valence-electron chi connectivity index (χ1n) is 8.94. The third-order valence-electron chi connectivity index (χ3n) is 4.71. The fourth-order valence-corrected chi connectivity index (χ4v) is 5.16. The van der Waals surface area contributed by atoms with Gasteiger partial charge in [0.2, 0.25) is 5.91 Å². The molecule has 1 aliphatic heterocycles. The van der Waals surface area contributed by atoms with Crippen LogP contribution in [0.5, 0.6) is 5.75 Å². The highest BCUT2D eigenvalue weighted by Gasteiger charge is 2.34. The molecule has 0 aromatic heterocycles. The first-order chi connectivity index (χ1) is 13.4. The number of ether oxygens (including phenoxy) is 1. The van der Waals surface area contributed by atoms with Gasteiger partial charge in [-0.1, -0.05) is 35.9 Å². The first kappa shape index (κ1) is 20.4. The summed E-state index contributed by atoms with van der Waals surface area (Å²) in [6, 6.07) is 14.3. The molecule has 0 N–H and O–H groups in total. The minimum Gasteiger partial charge on any atom is -0.497 e. The summed E-state index contributed by atoms with van der Waals surface area (Å²) in [5.41, 5.74) is 1.72. The summed E-state index contributed by atoms with van der Waals surface area (Å²) in [7, 11) is -1.51. The van der Waals surface area contributed by atoms with E-state index < -0.39 is 9.84 Å². The lowest BCUT2D eigenvalue weighted by molar-refractivity contribution is -0.128. The van der Waals surface area contributed by atoms with E-state index >= 15 is 0 Å². The highest BCUT2D eigenvalue weighted by Crippen LogP contribution is 2.22. The summed E-state index contributed by atoms with van der Waals surface area (Å²) in [5.74, 6) is 0.620. The average Bonchev–Trinajstić information content (AvgIpc) is 3.04. The van der Waals surface area contributed by atoms with Crippen molar-refractivity contribution >= 4 is 33.4 Å². The van der Waals surface area contributed by atoms with Crippen molar-refractivity contribution in [1.29, 1.82) is 0 Å². The molecule has 28 heavy (non-hydrogen) atoms. The molecule has 0 radical (unpaired) electrons. The van der Waals surface area contributed by atoms with Gasteiger partial charge in [0.1, 0.15) is 5.75 Å². The standard InChI is InChI=1S/C21H22ClNO4S/c1-27-20-8-5-16(6-9-20)7-10-21(24)23(19-11-12-28(25,26)15-19)14-17-3-2-4-18(22)13-17/h2-10,13,19H,11-12,14-15H2,1H3/b10-7+/t19-/m1/s1. The predicted molar refractivity (Wildman–Crippen MR) is 111 cm³/mol. The summed E-state index contributed by atoms with van der Waals surface area (Å²) in [4.78, 5) is 14.5. The van der Waals surface area contributed by atoms with Gasteiger partial charge in [0.15, 0.2) is 9.84 Å². The highest BCUT2D eigenvalue weighted by atomic mass is 35.5. The molecule has 1 fully saturated rings. The SMILES string of the molecule is COc1ccc(/C=C/C(=O)N(Cc2cccc(Cl)c2)[C@@H]2CCS(=O)(=O)C2)cc1. The molecule has 1 amide bonds. The zero-order valence-electron chi connectivity index (χ0n) is 15.5. The van der Waals surface area contributed by atoms with Crippen molar-refractivity contribution in [3.63, 3.8) is 0 Å². The Morgan fingerprint density at radius 2 is 2.00 bits per heavy atom. The summed E-state index contributed by atoms with van der Waals surface area (Å²) in [6.07, 6.45) is 3.65. The van der Waals surface area contributed by atoms with E-state index in [0.29, 0.717) is 18.0 Å². The summed E-state index contributed by atoms with van der Waals surface area (Å²) >= 11 is 6.06. The Morgan fingerprint density at radius 3 is 2.61 bits per heavy atom. The zero-order valence-corrected chi connectivity index (χ0v) is 17.1. The van der Waals surface area contributed by atoms with E-state index in [4.69, 9.17) is 16.3 Å². The van der Waals surface area contributed by atoms with Crippen LogP contribution in [0, 0.1) is 0 Å². The number of methoxy groups -OCH3 is 1. The fourth-order valence-electron chi connectivity index (χ4n) is 3.22. The smallest absolute Gasteiger partial charge is 0.247 e. The van der Waals surface area contributed by atoms with E-state index in [9.17, 15) is 13.2 Å². The molecular weight excluding hydrogens is 398 g/mol. The van der Waals surface area contributed by atoms with Gasteiger partial charge >= 0.3 is 0 Å². The van der Waals surface area contributed by atoms with Crippen molar-refractivity contribution in [2.75, 3.05) is 18.6 Å². The maximum atomic E-state index is 12.9. The largest absolute Gasteiger partial charge is 0.497 e. The van der Waals surface area contributed by atoms with E-state index in [1.54, 1.807) is 30.2 Å². The van der Waals surface area contributed by atoms with Crippen LogP contribution in [0.25, 0.3) is 6.08 Å². The maximum Gasteiger partial charge on any atom is 0.247 e. The van der Waals surface area contributed by atoms with Crippen LogP contribution >= 0.6 is 11.6 Å². The Morgan fingerprint density at radius 1 is 1.25 bits per heavy atom. The zero-order chi connectivity index (χ0) is 20.1. The molecular formula is C21H22ClNO4S. The van der Waals surface area contributed by atoms with E-state index in [1.807, 2.05) is 36.4 Å². The monoisotopic (exact) mass is 419 g/mol. The Hall–Kier alpha value is -2.31. The second kappa shape index (κ2) is 8.80. The molecule has 0 saturated carbocycles. The van der Waals surface area contributed by atoms with Crippen molar-refractivity contribution < 1.29 is 17.9 Å². The summed E-state index contributed by atoms with van der Waals surface area (Å²) < 4.78 is 29.0. The molecule has 148 valence electrons. The Bertz CT molecular complexity index is 970. The number of nitrogens with zero attached hydrogens (tertiary/aromatic N) is 1. The van der Waals surface area contributed by atoms with Crippen LogP contribution in [-0.4, -0.2) is 43.9 Å². The number of amides is 1. The van der Waals surface area contributed by atoms with Crippen LogP contribution in [0.4, 0.5) is 0 Å². The number of carbonyl (C=O) groups is 1. The maximum absolute atomic E-state index is 12.9. The molecule has 0 unspecified atom stereocenters. The van der Waals surface area contributed by atoms with Crippen LogP contribution in [0.15, 0.2) is 54.6 Å². The highest BCUT2D eigenvalue weighted by molar-refractivity contribution is 7.91. The molecule has 7 heteroatoms. The van der Waals surface area contributed by atoms with E-state index in [1.165, 1.54) is 6.08 Å². The van der Waals surface area contributed by atoms with Crippen molar-refractivity contribution in [3.05, 3.63) is 70.8 Å². The second-order valence-electron chi connectivity index (χ2n) is 6.76. The molecule has 2 aromatic rings. The van der Waals surface area contributed by atoms with Gasteiger partial charge < -0.3 is 9.64 Å². The number of rotatable bonds is 6. The van der Waals surface area contributed by atoms with Gasteiger partial charge in [-0.3, -0.25) is 4.79 Å². The van der Waals surface area contributed by atoms with Crippen LogP contribution in [0.1, 0.15) is 17.5 Å². The molecule has 1 heterocycles. The molecule has 0 aliphatic carbocycles. The average molecular weight is 420 g/mol. The minimum absolute atomic E-state index is 0.00428. The van der Waals surface area contributed by atoms with Crippen LogP contribution < -0.4 is 4.74 Å². The lowest BCUT2D eigenvalue weighted by atomic mass is 10.1. The number of halogens is 1. The second-order valence-corrected chi connectivity index (χ2v) is 9.42. The van der Waals surface area contributed by atoms with Gasteiger partial charge in [-0.25, -0.2) is 8.42 Å². The van der Waals surface area contributed by atoms with Crippen LogP contribution in [0.3, 0.4) is 0 Å². The number of hydrogen-bond acceptors (Lipinski definition) is 4. The van der Waals surface area contributed by atoms with Crippen molar-refractivity contribution in [2.45, 2.75) is 19.0 Å². The number of benzene rings is 2. The molecule has 0 bridgehead atoms. The van der Waals surface area contributed by atoms with Gasteiger partial charge in [-0.05, 0) is 47.9 Å². The molecule has 1 saturated heterocycles. The van der Waals surface area contributed by atoms with Gasteiger partial charge in [0.05, 0.1) is 18.6 Å². The van der Waals surface area contributed by atoms with E-state index in [0.717, 1.165) is 16.9 Å². The fraction of sp³-hybridized carbons (Fsp3) is 0.286. The van der Waals surface area contributed by atoms with Crippen molar-refractivity contribution in [3.8, 4) is 5.75 Å². The van der Waals surface area contributed by atoms with Crippen molar-refractivity contribution in [2.24, 2.45) is 0 Å². The molecule has 1 aliphatic rings. The Balaban J connectivity index is 1.80. The number of sulfone groups is 1. The quantitative estimate of drug-likeness (QED) is 0.671. The van der Waals surface area contributed by atoms with Gasteiger partial charge in [-0.2, -0.15) is 0 Å². The van der Waals surface area contributed by atoms with E-state index in [2.05, 4.69) is 0 Å². The molecule has 0 spiro atoms. The van der Waals surface area contributed by atoms with Crippen LogP contribution in [-0.2, 0) is 21.2 Å². The first-order valence-corrected chi connectivity index (χ1v) is 11.1. The van der Waals surface area contributed by atoms with Gasteiger partial charge in [0.25, 0.3) is 0 Å². The minimum atomic E-state index is -3.11. The lowest BCUT2D eigenvalue weighted by Gasteiger charge is -2.27. The molecule has 5 nitrogen and oxygen atoms in total. The van der Waals surface area contributed by atoms with Crippen molar-refractivity contribution in [1.82, 2.24) is 4.90 Å².